The minimum absolute atomic E-state index is 0.0418. The number of rotatable bonds is 3. The van der Waals surface area contributed by atoms with Gasteiger partial charge in [-0.2, -0.15) is 5.10 Å². The Labute approximate surface area is 173 Å². The van der Waals surface area contributed by atoms with Crippen LogP contribution in [-0.4, -0.2) is 34.4 Å². The van der Waals surface area contributed by atoms with Crippen LogP contribution in [0.15, 0.2) is 67.0 Å². The Balaban J connectivity index is 1.19. The van der Waals surface area contributed by atoms with Gasteiger partial charge in [0.2, 0.25) is 0 Å². The molecule has 4 aromatic rings. The first kappa shape index (κ1) is 18.0. The number of H-pyrrole nitrogens is 1. The van der Waals surface area contributed by atoms with E-state index in [4.69, 9.17) is 4.74 Å². The van der Waals surface area contributed by atoms with Gasteiger partial charge in [0.05, 0.1) is 24.5 Å². The van der Waals surface area contributed by atoms with E-state index in [0.717, 1.165) is 10.9 Å². The number of pyridine rings is 1. The normalized spacial score (nSPS) is 12.0. The maximum absolute atomic E-state index is 12.1. The van der Waals surface area contributed by atoms with Gasteiger partial charge in [0.15, 0.2) is 0 Å². The lowest BCUT2D eigenvalue weighted by Gasteiger charge is -2.14. The highest BCUT2D eigenvalue weighted by Gasteiger charge is 2.28. The number of benzene rings is 2. The molecule has 146 valence electrons. The third-order valence-corrected chi connectivity index (χ3v) is 5.21. The maximum atomic E-state index is 12.1. The van der Waals surface area contributed by atoms with Crippen molar-refractivity contribution in [3.05, 3.63) is 83.8 Å². The highest BCUT2D eigenvalue weighted by Crippen LogP contribution is 2.44. The highest BCUT2D eigenvalue weighted by molar-refractivity contribution is 5.79. The number of amides is 1. The van der Waals surface area contributed by atoms with Crippen LogP contribution in [0.5, 0.6) is 0 Å². The third kappa shape index (κ3) is 3.38. The zero-order chi connectivity index (χ0) is 20.3. The van der Waals surface area contributed by atoms with Gasteiger partial charge >= 0.3 is 6.09 Å². The molecular formula is C24H18N4O2. The van der Waals surface area contributed by atoms with Crippen LogP contribution in [0.25, 0.3) is 22.0 Å². The lowest BCUT2D eigenvalue weighted by molar-refractivity contribution is 0.144. The van der Waals surface area contributed by atoms with Crippen LogP contribution in [0.2, 0.25) is 0 Å². The van der Waals surface area contributed by atoms with E-state index in [1.807, 2.05) is 30.3 Å². The molecule has 2 N–H and O–H groups in total. The molecule has 6 nitrogen and oxygen atoms in total. The van der Waals surface area contributed by atoms with E-state index in [9.17, 15) is 4.79 Å². The Bertz CT molecular complexity index is 1250. The van der Waals surface area contributed by atoms with Gasteiger partial charge in [-0.3, -0.25) is 5.10 Å². The van der Waals surface area contributed by atoms with Crippen LogP contribution in [0.3, 0.4) is 0 Å². The SMILES string of the molecule is O=C(NCC#Cc1cc2cn[nH]c2cn1)OCC1c2ccccc2-c2ccccc21. The lowest BCUT2D eigenvalue weighted by Crippen LogP contribution is -2.26. The zero-order valence-electron chi connectivity index (χ0n) is 16.1. The fourth-order valence-electron chi connectivity index (χ4n) is 3.81. The van der Waals surface area contributed by atoms with Gasteiger partial charge in [0, 0.05) is 11.3 Å². The van der Waals surface area contributed by atoms with Gasteiger partial charge < -0.3 is 10.1 Å². The van der Waals surface area contributed by atoms with Gasteiger partial charge in [-0.25, -0.2) is 9.78 Å². The monoisotopic (exact) mass is 394 g/mol. The second-order valence-corrected chi connectivity index (χ2v) is 7.01. The molecule has 1 aliphatic carbocycles. The molecular weight excluding hydrogens is 376 g/mol. The number of fused-ring (bicyclic) bond motifs is 4. The molecule has 0 fully saturated rings. The maximum Gasteiger partial charge on any atom is 0.407 e. The summed E-state index contributed by atoms with van der Waals surface area (Å²) in [7, 11) is 0. The summed E-state index contributed by atoms with van der Waals surface area (Å²) in [4.78, 5) is 16.4. The van der Waals surface area contributed by atoms with Crippen LogP contribution < -0.4 is 5.32 Å². The minimum atomic E-state index is -0.482. The van der Waals surface area contributed by atoms with Crippen LogP contribution in [0.4, 0.5) is 4.79 Å². The van der Waals surface area contributed by atoms with Crippen molar-refractivity contribution in [1.82, 2.24) is 20.5 Å². The standard InChI is InChI=1S/C24H18N4O2/c29-24(25-11-5-6-17-12-16-13-27-28-23(16)14-26-17)30-15-22-20-9-3-1-7-18(20)19-8-2-4-10-21(19)22/h1-4,7-10,12-14,22H,11,15H2,(H,25,29)(H,27,28). The molecule has 1 amide bonds. The lowest BCUT2D eigenvalue weighted by atomic mass is 9.98. The fraction of sp³-hybridized carbons (Fsp3) is 0.125. The van der Waals surface area contributed by atoms with Crippen molar-refractivity contribution in [2.45, 2.75) is 5.92 Å². The molecule has 0 unspecified atom stereocenters. The summed E-state index contributed by atoms with van der Waals surface area (Å²) in [5.74, 6) is 5.87. The highest BCUT2D eigenvalue weighted by atomic mass is 16.5. The average molecular weight is 394 g/mol. The van der Waals surface area contributed by atoms with E-state index < -0.39 is 6.09 Å². The Morgan fingerprint density at radius 3 is 2.57 bits per heavy atom. The zero-order valence-corrected chi connectivity index (χ0v) is 16.1. The Kier molecular flexibility index (Phi) is 4.62. The Morgan fingerprint density at radius 1 is 1.07 bits per heavy atom. The number of carbonyl (C=O) groups excluding carboxylic acids is 1. The summed E-state index contributed by atoms with van der Waals surface area (Å²) in [6, 6.07) is 18.3. The second kappa shape index (κ2) is 7.72. The molecule has 0 saturated heterocycles. The van der Waals surface area contributed by atoms with E-state index in [1.165, 1.54) is 22.3 Å². The molecule has 0 radical (unpaired) electrons. The largest absolute Gasteiger partial charge is 0.449 e. The number of hydrogen-bond acceptors (Lipinski definition) is 4. The summed E-state index contributed by atoms with van der Waals surface area (Å²) in [6.45, 7) is 0.466. The van der Waals surface area contributed by atoms with Gasteiger partial charge in [-0.1, -0.05) is 54.5 Å². The van der Waals surface area contributed by atoms with E-state index in [0.29, 0.717) is 5.69 Å². The Hall–Kier alpha value is -4.11. The molecule has 2 aromatic heterocycles. The van der Waals surface area contributed by atoms with Gasteiger partial charge in [0.25, 0.3) is 0 Å². The van der Waals surface area contributed by atoms with Crippen molar-refractivity contribution < 1.29 is 9.53 Å². The summed E-state index contributed by atoms with van der Waals surface area (Å²) < 4.78 is 5.49. The molecule has 0 bridgehead atoms. The molecule has 5 rings (SSSR count). The predicted octanol–water partition coefficient (Wildman–Crippen LogP) is 3.85. The molecule has 0 spiro atoms. The number of nitrogens with zero attached hydrogens (tertiary/aromatic N) is 2. The van der Waals surface area contributed by atoms with Crippen molar-refractivity contribution >= 4 is 17.0 Å². The molecule has 30 heavy (non-hydrogen) atoms. The quantitative estimate of drug-likeness (QED) is 0.517. The number of ether oxygens (including phenoxy) is 1. The first-order chi connectivity index (χ1) is 14.8. The van der Waals surface area contributed by atoms with Crippen molar-refractivity contribution in [3.8, 4) is 23.0 Å². The smallest absolute Gasteiger partial charge is 0.407 e. The summed E-state index contributed by atoms with van der Waals surface area (Å²) in [5.41, 5.74) is 6.26. The van der Waals surface area contributed by atoms with Crippen molar-refractivity contribution in [2.75, 3.05) is 13.2 Å². The predicted molar refractivity (Wildman–Crippen MR) is 114 cm³/mol. The summed E-state index contributed by atoms with van der Waals surface area (Å²) in [6.07, 6.45) is 2.92. The molecule has 1 aliphatic rings. The number of aromatic amines is 1. The van der Waals surface area contributed by atoms with Gasteiger partial charge in [-0.15, -0.1) is 0 Å². The van der Waals surface area contributed by atoms with Crippen LogP contribution in [0, 0.1) is 11.8 Å². The van der Waals surface area contributed by atoms with Crippen molar-refractivity contribution in [3.63, 3.8) is 0 Å². The molecule has 0 saturated carbocycles. The van der Waals surface area contributed by atoms with Gasteiger partial charge in [-0.05, 0) is 34.2 Å². The first-order valence-corrected chi connectivity index (χ1v) is 9.66. The van der Waals surface area contributed by atoms with Crippen LogP contribution >= 0.6 is 0 Å². The number of hydrogen-bond donors (Lipinski definition) is 2. The number of aromatic nitrogens is 3. The molecule has 2 heterocycles. The number of nitrogens with one attached hydrogen (secondary N) is 2. The fourth-order valence-corrected chi connectivity index (χ4v) is 3.81. The van der Waals surface area contributed by atoms with E-state index in [-0.39, 0.29) is 19.1 Å². The molecule has 0 aliphatic heterocycles. The first-order valence-electron chi connectivity index (χ1n) is 9.66. The molecule has 0 atom stereocenters. The number of alkyl carbamates (subject to hydrolysis) is 1. The summed E-state index contributed by atoms with van der Waals surface area (Å²) in [5, 5.41) is 10.4. The summed E-state index contributed by atoms with van der Waals surface area (Å²) >= 11 is 0. The Morgan fingerprint density at radius 2 is 1.80 bits per heavy atom. The molecule has 2 aromatic carbocycles. The topological polar surface area (TPSA) is 79.9 Å². The van der Waals surface area contributed by atoms with Crippen LogP contribution in [-0.2, 0) is 4.74 Å². The molecule has 6 heteroatoms. The average Bonchev–Trinajstić information content (AvgIpc) is 3.37. The van der Waals surface area contributed by atoms with E-state index in [1.54, 1.807) is 12.4 Å². The van der Waals surface area contributed by atoms with Crippen molar-refractivity contribution in [1.29, 1.82) is 0 Å². The third-order valence-electron chi connectivity index (χ3n) is 5.21. The second-order valence-electron chi connectivity index (χ2n) is 7.01. The van der Waals surface area contributed by atoms with Gasteiger partial charge in [0.1, 0.15) is 12.3 Å². The van der Waals surface area contributed by atoms with E-state index in [2.05, 4.69) is 56.6 Å². The van der Waals surface area contributed by atoms with E-state index >= 15 is 0 Å². The number of carbonyl (C=O) groups is 1. The van der Waals surface area contributed by atoms with Crippen molar-refractivity contribution in [2.24, 2.45) is 0 Å². The minimum Gasteiger partial charge on any atom is -0.449 e. The van der Waals surface area contributed by atoms with Crippen LogP contribution in [0.1, 0.15) is 22.7 Å².